The molecule has 1 heterocycles. The van der Waals surface area contributed by atoms with Gasteiger partial charge >= 0.3 is 0 Å². The number of benzene rings is 2. The van der Waals surface area contributed by atoms with Crippen molar-refractivity contribution in [2.75, 3.05) is 0 Å². The maximum absolute atomic E-state index is 12.1. The van der Waals surface area contributed by atoms with Gasteiger partial charge in [-0.1, -0.05) is 53.2 Å². The first-order valence-electron chi connectivity index (χ1n) is 8.24. The van der Waals surface area contributed by atoms with E-state index in [1.54, 1.807) is 0 Å². The molecule has 1 amide bonds. The predicted molar refractivity (Wildman–Crippen MR) is 95.9 cm³/mol. The largest absolute Gasteiger partial charge is 0.347 e. The van der Waals surface area contributed by atoms with E-state index in [-0.39, 0.29) is 12.5 Å². The summed E-state index contributed by atoms with van der Waals surface area (Å²) in [5.74, 6) is 0.848. The Morgan fingerprint density at radius 1 is 1.04 bits per heavy atom. The summed E-state index contributed by atoms with van der Waals surface area (Å²) in [6, 6.07) is 13.9. The summed E-state index contributed by atoms with van der Waals surface area (Å²) in [6.45, 7) is 6.35. The van der Waals surface area contributed by atoms with Gasteiger partial charge < -0.3 is 9.84 Å². The molecule has 0 aliphatic carbocycles. The second kappa shape index (κ2) is 7.30. The van der Waals surface area contributed by atoms with Gasteiger partial charge in [-0.05, 0) is 37.5 Å². The molecule has 0 atom stereocenters. The van der Waals surface area contributed by atoms with Crippen LogP contribution >= 0.6 is 0 Å². The lowest BCUT2D eigenvalue weighted by atomic mass is 10.0. The Balaban J connectivity index is 1.57. The van der Waals surface area contributed by atoms with E-state index >= 15 is 0 Å². The molecule has 2 aromatic carbocycles. The SMILES string of the molecule is Cc1ccc(-c2noc(CNC(=O)Cc3ccc(C)c(C)c3)n2)cc1. The van der Waals surface area contributed by atoms with Crippen molar-refractivity contribution in [2.45, 2.75) is 33.7 Å². The third-order valence-electron chi connectivity index (χ3n) is 4.15. The highest BCUT2D eigenvalue weighted by molar-refractivity contribution is 5.78. The van der Waals surface area contributed by atoms with Crippen molar-refractivity contribution >= 4 is 5.91 Å². The van der Waals surface area contributed by atoms with Crippen LogP contribution in [-0.4, -0.2) is 16.0 Å². The van der Waals surface area contributed by atoms with Crippen LogP contribution in [0.2, 0.25) is 0 Å². The summed E-state index contributed by atoms with van der Waals surface area (Å²) < 4.78 is 5.21. The summed E-state index contributed by atoms with van der Waals surface area (Å²) in [5, 5.41) is 6.78. The highest BCUT2D eigenvalue weighted by Gasteiger charge is 2.10. The second-order valence-electron chi connectivity index (χ2n) is 6.25. The van der Waals surface area contributed by atoms with Crippen LogP contribution in [0.3, 0.4) is 0 Å². The average molecular weight is 335 g/mol. The zero-order valence-corrected chi connectivity index (χ0v) is 14.7. The number of carbonyl (C=O) groups is 1. The number of aromatic nitrogens is 2. The molecule has 5 nitrogen and oxygen atoms in total. The fraction of sp³-hybridized carbons (Fsp3) is 0.250. The maximum atomic E-state index is 12.1. The van der Waals surface area contributed by atoms with E-state index in [1.165, 1.54) is 16.7 Å². The Hall–Kier alpha value is -2.95. The monoisotopic (exact) mass is 335 g/mol. The highest BCUT2D eigenvalue weighted by Crippen LogP contribution is 2.16. The van der Waals surface area contributed by atoms with Gasteiger partial charge in [0.25, 0.3) is 0 Å². The molecule has 128 valence electrons. The smallest absolute Gasteiger partial charge is 0.246 e. The summed E-state index contributed by atoms with van der Waals surface area (Å²) in [6.07, 6.45) is 0.333. The van der Waals surface area contributed by atoms with Crippen molar-refractivity contribution in [2.24, 2.45) is 0 Å². The van der Waals surface area contributed by atoms with Gasteiger partial charge in [-0.25, -0.2) is 0 Å². The molecule has 0 fully saturated rings. The standard InChI is InChI=1S/C20H21N3O2/c1-13-4-8-17(9-5-13)20-22-19(25-23-20)12-21-18(24)11-16-7-6-14(2)15(3)10-16/h4-10H,11-12H2,1-3H3,(H,21,24). The minimum Gasteiger partial charge on any atom is -0.347 e. The van der Waals surface area contributed by atoms with E-state index in [0.29, 0.717) is 18.1 Å². The van der Waals surface area contributed by atoms with Gasteiger partial charge in [0.05, 0.1) is 13.0 Å². The fourth-order valence-electron chi connectivity index (χ4n) is 2.48. The van der Waals surface area contributed by atoms with Crippen molar-refractivity contribution in [3.8, 4) is 11.4 Å². The topological polar surface area (TPSA) is 68.0 Å². The molecule has 0 spiro atoms. The van der Waals surface area contributed by atoms with Crippen LogP contribution in [0, 0.1) is 20.8 Å². The van der Waals surface area contributed by atoms with Gasteiger partial charge in [-0.15, -0.1) is 0 Å². The molecule has 25 heavy (non-hydrogen) atoms. The molecule has 1 N–H and O–H groups in total. The molecular formula is C20H21N3O2. The molecule has 0 bridgehead atoms. The first-order chi connectivity index (χ1) is 12.0. The number of aryl methyl sites for hydroxylation is 3. The number of nitrogens with one attached hydrogen (secondary N) is 1. The van der Waals surface area contributed by atoms with Gasteiger partial charge in [0.15, 0.2) is 0 Å². The quantitative estimate of drug-likeness (QED) is 0.774. The van der Waals surface area contributed by atoms with Crippen LogP contribution in [0.5, 0.6) is 0 Å². The molecule has 0 saturated carbocycles. The Kier molecular flexibility index (Phi) is 4.93. The minimum absolute atomic E-state index is 0.0710. The highest BCUT2D eigenvalue weighted by atomic mass is 16.5. The Bertz CT molecular complexity index is 882. The van der Waals surface area contributed by atoms with Crippen LogP contribution in [-0.2, 0) is 17.8 Å². The van der Waals surface area contributed by atoms with Crippen LogP contribution in [0.1, 0.15) is 28.1 Å². The lowest BCUT2D eigenvalue weighted by Crippen LogP contribution is -2.24. The molecule has 0 radical (unpaired) electrons. The molecule has 0 saturated heterocycles. The van der Waals surface area contributed by atoms with E-state index in [1.807, 2.05) is 56.3 Å². The lowest BCUT2D eigenvalue weighted by molar-refractivity contribution is -0.120. The number of nitrogens with zero attached hydrogens (tertiary/aromatic N) is 2. The first kappa shape index (κ1) is 16.9. The maximum Gasteiger partial charge on any atom is 0.246 e. The van der Waals surface area contributed by atoms with E-state index in [2.05, 4.69) is 22.4 Å². The van der Waals surface area contributed by atoms with Crippen molar-refractivity contribution in [1.82, 2.24) is 15.5 Å². The second-order valence-corrected chi connectivity index (χ2v) is 6.25. The van der Waals surface area contributed by atoms with E-state index in [4.69, 9.17) is 4.52 Å². The molecule has 3 aromatic rings. The molecule has 3 rings (SSSR count). The lowest BCUT2D eigenvalue weighted by Gasteiger charge is -2.05. The van der Waals surface area contributed by atoms with E-state index in [9.17, 15) is 4.79 Å². The molecule has 0 aliphatic rings. The Morgan fingerprint density at radius 2 is 1.80 bits per heavy atom. The summed E-state index contributed by atoms with van der Waals surface area (Å²) >= 11 is 0. The van der Waals surface area contributed by atoms with Crippen LogP contribution < -0.4 is 5.32 Å². The molecule has 0 aliphatic heterocycles. The van der Waals surface area contributed by atoms with E-state index in [0.717, 1.165) is 11.1 Å². The van der Waals surface area contributed by atoms with E-state index < -0.39 is 0 Å². The van der Waals surface area contributed by atoms with Gasteiger partial charge in [0.1, 0.15) is 0 Å². The van der Waals surface area contributed by atoms with Crippen LogP contribution in [0.15, 0.2) is 47.0 Å². The average Bonchev–Trinajstić information content (AvgIpc) is 3.06. The number of amides is 1. The Labute approximate surface area is 147 Å². The predicted octanol–water partition coefficient (Wildman–Crippen LogP) is 3.52. The van der Waals surface area contributed by atoms with Crippen molar-refractivity contribution in [3.63, 3.8) is 0 Å². The van der Waals surface area contributed by atoms with Gasteiger partial charge in [-0.3, -0.25) is 4.79 Å². The van der Waals surface area contributed by atoms with Crippen molar-refractivity contribution < 1.29 is 9.32 Å². The number of rotatable bonds is 5. The molecule has 5 heteroatoms. The number of hydrogen-bond donors (Lipinski definition) is 1. The number of hydrogen-bond acceptors (Lipinski definition) is 4. The third-order valence-corrected chi connectivity index (χ3v) is 4.15. The first-order valence-corrected chi connectivity index (χ1v) is 8.24. The number of carbonyl (C=O) groups excluding carboxylic acids is 1. The Morgan fingerprint density at radius 3 is 2.52 bits per heavy atom. The molecule has 1 aromatic heterocycles. The summed E-state index contributed by atoms with van der Waals surface area (Å²) in [7, 11) is 0. The normalized spacial score (nSPS) is 10.7. The third kappa shape index (κ3) is 4.32. The van der Waals surface area contributed by atoms with Crippen LogP contribution in [0.4, 0.5) is 0 Å². The molecule has 0 unspecified atom stereocenters. The van der Waals surface area contributed by atoms with Crippen molar-refractivity contribution in [1.29, 1.82) is 0 Å². The van der Waals surface area contributed by atoms with Gasteiger partial charge in [0, 0.05) is 5.56 Å². The summed E-state index contributed by atoms with van der Waals surface area (Å²) in [4.78, 5) is 16.4. The fourth-order valence-corrected chi connectivity index (χ4v) is 2.48. The zero-order valence-electron chi connectivity index (χ0n) is 14.7. The molecular weight excluding hydrogens is 314 g/mol. The van der Waals surface area contributed by atoms with Gasteiger partial charge in [0.2, 0.25) is 17.6 Å². The van der Waals surface area contributed by atoms with Gasteiger partial charge in [-0.2, -0.15) is 4.98 Å². The van der Waals surface area contributed by atoms with Crippen LogP contribution in [0.25, 0.3) is 11.4 Å². The zero-order chi connectivity index (χ0) is 17.8. The minimum atomic E-state index is -0.0710. The summed E-state index contributed by atoms with van der Waals surface area (Å²) in [5.41, 5.74) is 5.46. The van der Waals surface area contributed by atoms with Crippen molar-refractivity contribution in [3.05, 3.63) is 70.6 Å².